The molecular formula is C66H74N4O16Si. The highest BCUT2D eigenvalue weighted by Crippen LogP contribution is 2.43. The number of carbonyl (C=O) groups is 8. The van der Waals surface area contributed by atoms with Crippen LogP contribution in [-0.4, -0.2) is 96.4 Å². The number of nitrogens with two attached hydrogens (primary N) is 2. The van der Waals surface area contributed by atoms with Crippen molar-refractivity contribution < 1.29 is 79.2 Å². The minimum Gasteiger partial charge on any atom is -0.508 e. The number of allylic oxidation sites excluding steroid dienone is 2. The maximum Gasteiger partial charge on any atom is 0.381 e. The number of terminal acetylenes is 2. The van der Waals surface area contributed by atoms with E-state index in [-0.39, 0.29) is 57.6 Å². The van der Waals surface area contributed by atoms with Gasteiger partial charge in [0.15, 0.2) is 0 Å². The topological polar surface area (TPSA) is 374 Å². The smallest absolute Gasteiger partial charge is 0.381 e. The van der Waals surface area contributed by atoms with Gasteiger partial charge in [0, 0.05) is 60.3 Å². The van der Waals surface area contributed by atoms with E-state index in [2.05, 4.69) is 88.3 Å². The fourth-order valence-electron chi connectivity index (χ4n) is 6.31. The third kappa shape index (κ3) is 35.0. The summed E-state index contributed by atoms with van der Waals surface area (Å²) in [5.41, 5.74) is 18.8. The maximum absolute atomic E-state index is 10.6. The van der Waals surface area contributed by atoms with Gasteiger partial charge in [0.2, 0.25) is 11.8 Å². The minimum atomic E-state index is -1.52. The average Bonchev–Trinajstić information content (AvgIpc) is 4.18. The molecule has 4 aliphatic rings. The quantitative estimate of drug-likeness (QED) is 0.0149. The van der Waals surface area contributed by atoms with Crippen molar-refractivity contribution in [3.05, 3.63) is 193 Å². The van der Waals surface area contributed by atoms with Crippen LogP contribution in [0.1, 0.15) is 79.1 Å². The second kappa shape index (κ2) is 40.3. The minimum absolute atomic E-state index is 0.0741. The highest BCUT2D eigenvalue weighted by atomic mass is 28.3. The zero-order chi connectivity index (χ0) is 66.3. The van der Waals surface area contributed by atoms with Gasteiger partial charge in [-0.05, 0) is 138 Å². The van der Waals surface area contributed by atoms with Crippen molar-refractivity contribution in [1.82, 2.24) is 10.6 Å². The number of hydrogen-bond donors (Lipinski definition) is 12. The van der Waals surface area contributed by atoms with Crippen LogP contribution >= 0.6 is 0 Å². The molecule has 2 bridgehead atoms. The molecule has 9 rings (SSSR count). The third-order valence-corrected chi connectivity index (χ3v) is 16.6. The van der Waals surface area contributed by atoms with E-state index in [1.807, 2.05) is 17.4 Å². The van der Waals surface area contributed by atoms with E-state index in [9.17, 15) is 38.7 Å². The molecule has 2 aliphatic heterocycles. The van der Waals surface area contributed by atoms with Crippen molar-refractivity contribution in [2.24, 2.45) is 23.5 Å². The monoisotopic (exact) mass is 1210 g/mol. The third-order valence-electron chi connectivity index (χ3n) is 12.1. The summed E-state index contributed by atoms with van der Waals surface area (Å²) in [6.07, 6.45) is 21.2. The average molecular weight is 1210 g/mol. The molecule has 1 saturated carbocycles. The maximum atomic E-state index is 10.6. The van der Waals surface area contributed by atoms with Gasteiger partial charge in [0.1, 0.15) is 31.1 Å². The number of benzene rings is 5. The van der Waals surface area contributed by atoms with Gasteiger partial charge in [-0.25, -0.2) is 14.4 Å². The molecule has 20 nitrogen and oxygen atoms in total. The van der Waals surface area contributed by atoms with Gasteiger partial charge in [-0.2, -0.15) is 0 Å². The summed E-state index contributed by atoms with van der Waals surface area (Å²) in [7, 11) is -1.52. The van der Waals surface area contributed by atoms with Gasteiger partial charge in [0.25, 0.3) is 11.8 Å². The summed E-state index contributed by atoms with van der Waals surface area (Å²) in [4.78, 5) is 79.6. The van der Waals surface area contributed by atoms with Gasteiger partial charge >= 0.3 is 23.9 Å². The lowest BCUT2D eigenvalue weighted by Gasteiger charge is -2.31. The van der Waals surface area contributed by atoms with E-state index < -0.39 is 32.0 Å². The molecule has 5 aromatic carbocycles. The fraction of sp³-hybridized carbons (Fsp3) is 0.212. The van der Waals surface area contributed by atoms with Gasteiger partial charge in [-0.15, -0.1) is 18.4 Å². The number of aliphatic carboxylic acids is 3. The fourth-order valence-corrected chi connectivity index (χ4v) is 7.15. The van der Waals surface area contributed by atoms with Crippen LogP contribution in [0.5, 0.6) is 23.0 Å². The predicted octanol–water partition coefficient (Wildman–Crippen LogP) is 8.88. The van der Waals surface area contributed by atoms with Gasteiger partial charge in [0.05, 0.1) is 11.5 Å². The first-order chi connectivity index (χ1) is 40.8. The number of phenols is 4. The molecule has 87 heavy (non-hydrogen) atoms. The second-order valence-electron chi connectivity index (χ2n) is 19.8. The Hall–Kier alpha value is -10.9. The lowest BCUT2D eigenvalue weighted by Crippen LogP contribution is -2.35. The summed E-state index contributed by atoms with van der Waals surface area (Å²) >= 11 is 0. The van der Waals surface area contributed by atoms with Crippen LogP contribution in [0.2, 0.25) is 18.1 Å². The summed E-state index contributed by atoms with van der Waals surface area (Å²) in [6.45, 7) is 18.4. The number of aromatic hydroxyl groups is 4. The molecule has 2 fully saturated rings. The van der Waals surface area contributed by atoms with Crippen molar-refractivity contribution >= 4 is 67.3 Å². The number of fused-ring (bicyclic) bond motifs is 2. The molecule has 21 heteroatoms. The Kier molecular flexibility index (Phi) is 35.3. The summed E-state index contributed by atoms with van der Waals surface area (Å²) < 4.78 is 0. The first kappa shape index (κ1) is 76.1. The molecule has 2 heterocycles. The van der Waals surface area contributed by atoms with Crippen LogP contribution < -0.4 is 22.1 Å². The zero-order valence-corrected chi connectivity index (χ0v) is 49.8. The molecule has 3 atom stereocenters. The van der Waals surface area contributed by atoms with Crippen LogP contribution in [0.25, 0.3) is 6.08 Å². The van der Waals surface area contributed by atoms with Gasteiger partial charge in [-0.1, -0.05) is 101 Å². The number of anilines is 1. The van der Waals surface area contributed by atoms with E-state index in [0.29, 0.717) is 42.5 Å². The van der Waals surface area contributed by atoms with Crippen LogP contribution in [0, 0.1) is 53.9 Å². The number of hydrogen-bond acceptors (Lipinski definition) is 14. The van der Waals surface area contributed by atoms with E-state index in [0.717, 1.165) is 41.2 Å². The lowest BCUT2D eigenvalue weighted by molar-refractivity contribution is -0.142. The van der Waals surface area contributed by atoms with Crippen LogP contribution in [0.4, 0.5) is 5.69 Å². The number of carbonyl (C=O) groups excluding carboxylic acids is 4. The summed E-state index contributed by atoms with van der Waals surface area (Å²) in [5, 5.41) is 72.2. The van der Waals surface area contributed by atoms with Crippen molar-refractivity contribution in [3.8, 4) is 59.1 Å². The molecule has 2 aliphatic carbocycles. The summed E-state index contributed by atoms with van der Waals surface area (Å²) in [6, 6.07) is 33.4. The van der Waals surface area contributed by atoms with E-state index >= 15 is 0 Å². The standard InChI is InChI=1S/C14H20OSi.C9H8O2.C8H10O2.C8H6O.C7H9NO.C6H7NO.C4H5NO2.C4H3NO2.C3H4O2.C3H2O2/c1-14(2,3)16(4,5)11-10-12-6-8-13(15)9-7-12;1-2-7-3-5-8(6-4-7)9(10)11;9-8(10)7-4-5-1-2-6(7)3-5;1-2-7-3-5-8(9)6-4-7;8-5-6-1-3-7(9)4-2-6;7-5-1-3-6(8)4-2-5;2*6-3-1-2-4(7)5-3;2*1-2-3(4)5/h6-9,15H,1-5H3;2-6H,1H2,(H,10,11);1-2,5-7H,3-4H2,(H,9,10);1,3-6,9H;1-4,9H,5,8H2;1-4,8H,7H2;1-2H2,(H,5,6,7);1-2H,(H,5,6,7);2H,1H2,(H,4,5);1H,(H,4,5). The number of phenolic OH excluding ortho intramolecular Hbond substituents is 4. The molecule has 0 spiro atoms. The lowest BCUT2D eigenvalue weighted by atomic mass is 9.94. The second-order valence-corrected chi connectivity index (χ2v) is 24.8. The molecule has 0 radical (unpaired) electrons. The first-order valence-corrected chi connectivity index (χ1v) is 29.2. The Morgan fingerprint density at radius 2 is 1.08 bits per heavy atom. The number of imide groups is 2. The zero-order valence-electron chi connectivity index (χ0n) is 48.8. The molecular weight excluding hydrogens is 1130 g/mol. The summed E-state index contributed by atoms with van der Waals surface area (Å²) in [5.74, 6) is 4.36. The Bertz CT molecular complexity index is 3240. The normalized spacial score (nSPS) is 14.6. The number of aromatic carboxylic acids is 1. The van der Waals surface area contributed by atoms with Gasteiger partial charge in [-0.3, -0.25) is 34.6 Å². The van der Waals surface area contributed by atoms with Crippen molar-refractivity contribution in [1.29, 1.82) is 0 Å². The van der Waals surface area contributed by atoms with Crippen molar-refractivity contribution in [2.75, 3.05) is 5.73 Å². The molecule has 4 amide bonds. The van der Waals surface area contributed by atoms with E-state index in [4.69, 9.17) is 58.4 Å². The Balaban J connectivity index is 0.000000961. The first-order valence-electron chi connectivity index (χ1n) is 26.2. The van der Waals surface area contributed by atoms with Crippen LogP contribution in [0.3, 0.4) is 0 Å². The number of carboxylic acid groups (broad SMARTS) is 4. The van der Waals surface area contributed by atoms with Gasteiger partial charge < -0.3 is 52.3 Å². The Morgan fingerprint density at radius 1 is 0.655 bits per heavy atom. The number of nitrogens with one attached hydrogen (secondary N) is 2. The number of carboxylic acids is 4. The molecule has 3 unspecified atom stereocenters. The molecule has 0 aromatic heterocycles. The number of nitrogen functional groups attached to an aromatic ring is 1. The van der Waals surface area contributed by atoms with Crippen LogP contribution in [-0.2, 0) is 40.1 Å². The highest BCUT2D eigenvalue weighted by Gasteiger charge is 2.39. The molecule has 1 saturated heterocycles. The molecule has 14 N–H and O–H groups in total. The van der Waals surface area contributed by atoms with E-state index in [1.165, 1.54) is 18.1 Å². The number of rotatable bonds is 5. The SMILES string of the molecule is C#CC(=O)O.C#Cc1ccc(O)cc1.C=CC(=O)O.C=Cc1ccc(C(=O)O)cc1.CC(C)(C)[Si](C)(C)C#Cc1ccc(O)cc1.NCc1ccc(O)cc1.Nc1ccc(O)cc1.O=C(O)C1CC2C=CC1C2.O=C1C=CC(=O)N1.O=C1CCC(=O)N1. The Morgan fingerprint density at radius 3 is 1.34 bits per heavy atom. The highest BCUT2D eigenvalue weighted by molar-refractivity contribution is 6.87. The molecule has 458 valence electrons. The van der Waals surface area contributed by atoms with Crippen molar-refractivity contribution in [2.45, 2.75) is 71.1 Å². The number of amides is 4. The predicted molar refractivity (Wildman–Crippen MR) is 336 cm³/mol. The van der Waals surface area contributed by atoms with Crippen molar-refractivity contribution in [3.63, 3.8) is 0 Å². The Labute approximate surface area is 507 Å². The largest absolute Gasteiger partial charge is 0.508 e. The van der Waals surface area contributed by atoms with E-state index in [1.54, 1.807) is 115 Å². The molecule has 5 aromatic rings. The van der Waals surface area contributed by atoms with Crippen LogP contribution in [0.15, 0.2) is 165 Å².